The molecule has 0 spiro atoms. The topological polar surface area (TPSA) is 44.3 Å². The summed E-state index contributed by atoms with van der Waals surface area (Å²) in [7, 11) is 0. The van der Waals surface area contributed by atoms with Crippen molar-refractivity contribution < 1.29 is 5.11 Å². The van der Waals surface area contributed by atoms with Crippen molar-refractivity contribution in [3.05, 3.63) is 59.1 Å². The molecule has 0 aromatic heterocycles. The molecule has 19 heavy (non-hydrogen) atoms. The van der Waals surface area contributed by atoms with E-state index in [1.165, 1.54) is 5.56 Å². The number of benzene rings is 2. The van der Waals surface area contributed by atoms with Crippen molar-refractivity contribution >= 4 is 23.0 Å². The highest BCUT2D eigenvalue weighted by Crippen LogP contribution is 2.26. The molecule has 0 fully saturated rings. The van der Waals surface area contributed by atoms with Crippen LogP contribution in [0.25, 0.3) is 0 Å². The van der Waals surface area contributed by atoms with Crippen LogP contribution in [0.2, 0.25) is 5.02 Å². The van der Waals surface area contributed by atoms with Gasteiger partial charge in [-0.3, -0.25) is 0 Å². The third-order valence-electron chi connectivity index (χ3n) is 2.73. The third kappa shape index (κ3) is 4.16. The van der Waals surface area contributed by atoms with E-state index in [0.29, 0.717) is 11.6 Å². The summed E-state index contributed by atoms with van der Waals surface area (Å²) in [6, 6.07) is 15.8. The van der Waals surface area contributed by atoms with E-state index >= 15 is 0 Å². The number of aliphatic hydroxyl groups is 1. The van der Waals surface area contributed by atoms with Crippen molar-refractivity contribution in [3.8, 4) is 0 Å². The van der Waals surface area contributed by atoms with Crippen LogP contribution in [-0.2, 0) is 6.54 Å². The Balaban J connectivity index is 2.07. The highest BCUT2D eigenvalue weighted by atomic mass is 35.5. The average Bonchev–Trinajstić information content (AvgIpc) is 2.45. The zero-order valence-electron chi connectivity index (χ0n) is 10.6. The van der Waals surface area contributed by atoms with E-state index in [4.69, 9.17) is 16.7 Å². The largest absolute Gasteiger partial charge is 0.395 e. The second-order valence-corrected chi connectivity index (χ2v) is 4.62. The second kappa shape index (κ2) is 7.02. The molecule has 2 rings (SSSR count). The minimum atomic E-state index is 0.0980. The van der Waals surface area contributed by atoms with E-state index in [1.807, 2.05) is 36.4 Å². The number of hydrogen-bond acceptors (Lipinski definition) is 3. The van der Waals surface area contributed by atoms with Crippen molar-refractivity contribution in [2.45, 2.75) is 6.54 Å². The lowest BCUT2D eigenvalue weighted by Gasteiger charge is -2.14. The van der Waals surface area contributed by atoms with Crippen molar-refractivity contribution in [1.82, 2.24) is 0 Å². The van der Waals surface area contributed by atoms with Gasteiger partial charge < -0.3 is 15.7 Å². The molecule has 100 valence electrons. The summed E-state index contributed by atoms with van der Waals surface area (Å²) >= 11 is 6.02. The van der Waals surface area contributed by atoms with E-state index in [9.17, 15) is 0 Å². The van der Waals surface area contributed by atoms with Crippen LogP contribution >= 0.6 is 11.6 Å². The first kappa shape index (κ1) is 13.7. The first-order chi connectivity index (χ1) is 9.29. The molecule has 0 aliphatic heterocycles. The molecule has 0 aliphatic carbocycles. The molecule has 0 saturated heterocycles. The first-order valence-corrected chi connectivity index (χ1v) is 6.59. The fraction of sp³-hybridized carbons (Fsp3) is 0.200. The van der Waals surface area contributed by atoms with E-state index in [0.717, 1.165) is 17.9 Å². The van der Waals surface area contributed by atoms with Crippen LogP contribution in [0, 0.1) is 0 Å². The van der Waals surface area contributed by atoms with E-state index < -0.39 is 0 Å². The zero-order chi connectivity index (χ0) is 13.5. The summed E-state index contributed by atoms with van der Waals surface area (Å²) in [6.45, 7) is 1.34. The molecule has 0 bridgehead atoms. The van der Waals surface area contributed by atoms with Gasteiger partial charge in [0.05, 0.1) is 18.0 Å². The lowest BCUT2D eigenvalue weighted by Crippen LogP contribution is -2.08. The number of nitrogens with one attached hydrogen (secondary N) is 2. The van der Waals surface area contributed by atoms with Gasteiger partial charge in [-0.1, -0.05) is 41.9 Å². The minimum absolute atomic E-state index is 0.0980. The van der Waals surface area contributed by atoms with E-state index in [2.05, 4.69) is 22.8 Å². The average molecular weight is 277 g/mol. The predicted molar refractivity (Wildman–Crippen MR) is 80.8 cm³/mol. The zero-order valence-corrected chi connectivity index (χ0v) is 11.3. The highest BCUT2D eigenvalue weighted by Gasteiger charge is 2.03. The van der Waals surface area contributed by atoms with Crippen LogP contribution in [0.1, 0.15) is 5.56 Å². The van der Waals surface area contributed by atoms with Gasteiger partial charge in [-0.15, -0.1) is 0 Å². The predicted octanol–water partition coefficient (Wildman–Crippen LogP) is 3.36. The molecular weight excluding hydrogens is 260 g/mol. The number of aliphatic hydroxyl groups excluding tert-OH is 1. The van der Waals surface area contributed by atoms with E-state index in [1.54, 1.807) is 0 Å². The van der Waals surface area contributed by atoms with Gasteiger partial charge >= 0.3 is 0 Å². The second-order valence-electron chi connectivity index (χ2n) is 4.18. The molecule has 0 atom stereocenters. The Bertz CT molecular complexity index is 517. The van der Waals surface area contributed by atoms with Gasteiger partial charge in [-0.2, -0.15) is 0 Å². The lowest BCUT2D eigenvalue weighted by atomic mass is 10.2. The number of anilines is 2. The lowest BCUT2D eigenvalue weighted by molar-refractivity contribution is 0.311. The molecule has 4 heteroatoms. The fourth-order valence-corrected chi connectivity index (χ4v) is 1.97. The Labute approximate surface area is 118 Å². The van der Waals surface area contributed by atoms with Gasteiger partial charge in [0.25, 0.3) is 0 Å². The quantitative estimate of drug-likeness (QED) is 0.758. The highest BCUT2D eigenvalue weighted by molar-refractivity contribution is 6.31. The van der Waals surface area contributed by atoms with E-state index in [-0.39, 0.29) is 6.61 Å². The summed E-state index contributed by atoms with van der Waals surface area (Å²) < 4.78 is 0. The van der Waals surface area contributed by atoms with Gasteiger partial charge in [0.15, 0.2) is 0 Å². The Morgan fingerprint density at radius 2 is 1.74 bits per heavy atom. The number of hydrogen-bond donors (Lipinski definition) is 3. The molecule has 3 nitrogen and oxygen atoms in total. The van der Waals surface area contributed by atoms with Crippen molar-refractivity contribution in [2.24, 2.45) is 0 Å². The monoisotopic (exact) mass is 276 g/mol. The Morgan fingerprint density at radius 3 is 2.47 bits per heavy atom. The summed E-state index contributed by atoms with van der Waals surface area (Å²) in [5.41, 5.74) is 3.08. The summed E-state index contributed by atoms with van der Waals surface area (Å²) in [5, 5.41) is 16.1. The van der Waals surface area contributed by atoms with Crippen LogP contribution < -0.4 is 10.6 Å². The Kier molecular flexibility index (Phi) is 5.07. The standard InChI is InChI=1S/C15H17ClN2O/c16-13-6-7-14(17-8-9-19)15(10-13)18-11-12-4-2-1-3-5-12/h1-7,10,17-19H,8-9,11H2. The number of halogens is 1. The molecule has 2 aromatic carbocycles. The molecule has 2 aromatic rings. The Hall–Kier alpha value is -1.71. The molecule has 0 radical (unpaired) electrons. The summed E-state index contributed by atoms with van der Waals surface area (Å²) in [6.07, 6.45) is 0. The minimum Gasteiger partial charge on any atom is -0.395 e. The Morgan fingerprint density at radius 1 is 0.947 bits per heavy atom. The fourth-order valence-electron chi connectivity index (χ4n) is 1.80. The summed E-state index contributed by atoms with van der Waals surface area (Å²) in [5.74, 6) is 0. The van der Waals surface area contributed by atoms with Crippen LogP contribution in [0.15, 0.2) is 48.5 Å². The molecule has 0 heterocycles. The smallest absolute Gasteiger partial charge is 0.0604 e. The third-order valence-corrected chi connectivity index (χ3v) is 2.97. The molecular formula is C15H17ClN2O. The maximum atomic E-state index is 8.87. The van der Waals surface area contributed by atoms with Crippen LogP contribution in [-0.4, -0.2) is 18.3 Å². The first-order valence-electron chi connectivity index (χ1n) is 6.21. The van der Waals surface area contributed by atoms with Crippen molar-refractivity contribution in [2.75, 3.05) is 23.8 Å². The maximum absolute atomic E-state index is 8.87. The number of rotatable bonds is 6. The van der Waals surface area contributed by atoms with Crippen molar-refractivity contribution in [3.63, 3.8) is 0 Å². The van der Waals surface area contributed by atoms with Gasteiger partial charge in [-0.25, -0.2) is 0 Å². The van der Waals surface area contributed by atoms with Crippen LogP contribution in [0.4, 0.5) is 11.4 Å². The molecule has 0 saturated carbocycles. The van der Waals surface area contributed by atoms with Crippen LogP contribution in [0.5, 0.6) is 0 Å². The molecule has 3 N–H and O–H groups in total. The molecule has 0 aliphatic rings. The van der Waals surface area contributed by atoms with Gasteiger partial charge in [-0.05, 0) is 23.8 Å². The van der Waals surface area contributed by atoms with Crippen molar-refractivity contribution in [1.29, 1.82) is 0 Å². The van der Waals surface area contributed by atoms with Gasteiger partial charge in [0.2, 0.25) is 0 Å². The van der Waals surface area contributed by atoms with Gasteiger partial charge in [0, 0.05) is 18.1 Å². The SMILES string of the molecule is OCCNc1ccc(Cl)cc1NCc1ccccc1. The maximum Gasteiger partial charge on any atom is 0.0604 e. The van der Waals surface area contributed by atoms with Gasteiger partial charge in [0.1, 0.15) is 0 Å². The molecule has 0 amide bonds. The molecule has 0 unspecified atom stereocenters. The normalized spacial score (nSPS) is 10.2. The summed E-state index contributed by atoms with van der Waals surface area (Å²) in [4.78, 5) is 0. The van der Waals surface area contributed by atoms with Crippen LogP contribution in [0.3, 0.4) is 0 Å².